The van der Waals surface area contributed by atoms with Crippen LogP contribution in [0.3, 0.4) is 0 Å². The Bertz CT molecular complexity index is 511. The summed E-state index contributed by atoms with van der Waals surface area (Å²) < 4.78 is 0. The first-order valence-electron chi connectivity index (χ1n) is 6.76. The molecule has 6 nitrogen and oxygen atoms in total. The molecule has 0 aliphatic rings. The van der Waals surface area contributed by atoms with Gasteiger partial charge >= 0.3 is 0 Å². The molecule has 0 aliphatic carbocycles. The molecule has 2 atom stereocenters. The number of rotatable bonds is 8. The number of benzene rings is 1. The maximum absolute atomic E-state index is 11.9. The second-order valence-corrected chi connectivity index (χ2v) is 4.68. The van der Waals surface area contributed by atoms with Gasteiger partial charge in [-0.25, -0.2) is 0 Å². The fourth-order valence-corrected chi connectivity index (χ4v) is 1.88. The van der Waals surface area contributed by atoms with E-state index >= 15 is 0 Å². The molecule has 1 aromatic carbocycles. The van der Waals surface area contributed by atoms with Crippen LogP contribution in [0.25, 0.3) is 0 Å². The average Bonchev–Trinajstić information content (AvgIpc) is 2.50. The lowest BCUT2D eigenvalue weighted by atomic mass is 10.1. The van der Waals surface area contributed by atoms with Crippen molar-refractivity contribution in [1.29, 1.82) is 5.26 Å². The van der Waals surface area contributed by atoms with Crippen molar-refractivity contribution < 1.29 is 14.7 Å². The highest BCUT2D eigenvalue weighted by atomic mass is 16.3. The summed E-state index contributed by atoms with van der Waals surface area (Å²) in [5.41, 5.74) is 5.69. The second kappa shape index (κ2) is 8.72. The van der Waals surface area contributed by atoms with Gasteiger partial charge in [0.25, 0.3) is 5.91 Å². The third kappa shape index (κ3) is 5.63. The Labute approximate surface area is 123 Å². The van der Waals surface area contributed by atoms with E-state index in [9.17, 15) is 14.7 Å². The Hall–Kier alpha value is -2.39. The highest BCUT2D eigenvalue weighted by Crippen LogP contribution is 2.13. The summed E-state index contributed by atoms with van der Waals surface area (Å²) in [6, 6.07) is 9.60. The van der Waals surface area contributed by atoms with E-state index < -0.39 is 24.0 Å². The first-order chi connectivity index (χ1) is 10.1. The third-order valence-electron chi connectivity index (χ3n) is 3.05. The number of carbonyl (C=O) groups is 2. The van der Waals surface area contributed by atoms with Gasteiger partial charge in [0.1, 0.15) is 6.04 Å². The Balaban J connectivity index is 2.56. The molecule has 0 aromatic heterocycles. The molecule has 1 rings (SSSR count). The van der Waals surface area contributed by atoms with Crippen LogP contribution in [0.5, 0.6) is 0 Å². The first-order valence-corrected chi connectivity index (χ1v) is 6.76. The van der Waals surface area contributed by atoms with Crippen molar-refractivity contribution in [3.63, 3.8) is 0 Å². The van der Waals surface area contributed by atoms with E-state index in [0.29, 0.717) is 31.2 Å². The third-order valence-corrected chi connectivity index (χ3v) is 3.05. The molecule has 0 saturated heterocycles. The summed E-state index contributed by atoms with van der Waals surface area (Å²) >= 11 is 0. The summed E-state index contributed by atoms with van der Waals surface area (Å²) in [5.74, 6) is -1.31. The van der Waals surface area contributed by atoms with Crippen LogP contribution in [-0.2, 0) is 9.59 Å². The number of nitriles is 1. The number of aliphatic hydroxyl groups excluding tert-OH is 1. The van der Waals surface area contributed by atoms with Crippen LogP contribution in [-0.4, -0.2) is 23.0 Å². The van der Waals surface area contributed by atoms with Crippen molar-refractivity contribution >= 4 is 11.8 Å². The summed E-state index contributed by atoms with van der Waals surface area (Å²) in [6.45, 7) is 0. The molecule has 0 fully saturated rings. The van der Waals surface area contributed by atoms with Crippen LogP contribution in [0.15, 0.2) is 30.3 Å². The quantitative estimate of drug-likeness (QED) is 0.613. The zero-order valence-electron chi connectivity index (χ0n) is 11.7. The standard InChI is InChI=1S/C15H19N3O3/c16-10-6-2-5-9-12(14(17)20)18-15(21)13(19)11-7-3-1-4-8-11/h1,3-4,7-8,12-13,19H,2,5-6,9H2,(H2,17,20)(H,18,21)/t12-,13-/m0/s1. The molecule has 0 heterocycles. The minimum atomic E-state index is -1.34. The molecule has 4 N–H and O–H groups in total. The SMILES string of the molecule is N#CCCCC[C@H](NC(=O)[C@@H](O)c1ccccc1)C(N)=O. The van der Waals surface area contributed by atoms with Gasteiger partial charge in [-0.3, -0.25) is 9.59 Å². The molecular formula is C15H19N3O3. The lowest BCUT2D eigenvalue weighted by Gasteiger charge is -2.18. The monoisotopic (exact) mass is 289 g/mol. The van der Waals surface area contributed by atoms with Crippen LogP contribution >= 0.6 is 0 Å². The lowest BCUT2D eigenvalue weighted by Crippen LogP contribution is -2.46. The second-order valence-electron chi connectivity index (χ2n) is 4.68. The minimum Gasteiger partial charge on any atom is -0.378 e. The number of nitrogens with two attached hydrogens (primary N) is 1. The molecule has 0 saturated carbocycles. The first kappa shape index (κ1) is 16.7. The van der Waals surface area contributed by atoms with Gasteiger partial charge in [0.05, 0.1) is 6.07 Å². The van der Waals surface area contributed by atoms with Crippen molar-refractivity contribution in [3.8, 4) is 6.07 Å². The maximum atomic E-state index is 11.9. The molecule has 2 amide bonds. The van der Waals surface area contributed by atoms with Gasteiger partial charge in [-0.1, -0.05) is 30.3 Å². The normalized spacial score (nSPS) is 13.0. The van der Waals surface area contributed by atoms with Crippen molar-refractivity contribution in [2.45, 2.75) is 37.8 Å². The molecule has 0 unspecified atom stereocenters. The molecule has 1 aromatic rings. The molecule has 0 spiro atoms. The molecule has 6 heteroatoms. The molecule has 112 valence electrons. The number of hydrogen-bond acceptors (Lipinski definition) is 4. The maximum Gasteiger partial charge on any atom is 0.254 e. The van der Waals surface area contributed by atoms with E-state index in [1.807, 2.05) is 6.07 Å². The van der Waals surface area contributed by atoms with Gasteiger partial charge in [-0.2, -0.15) is 5.26 Å². The number of primary amides is 1. The van der Waals surface area contributed by atoms with Crippen molar-refractivity contribution in [2.24, 2.45) is 5.73 Å². The van der Waals surface area contributed by atoms with Gasteiger partial charge in [0.2, 0.25) is 5.91 Å². The predicted octanol–water partition coefficient (Wildman–Crippen LogP) is 0.774. The molecule has 0 bridgehead atoms. The van der Waals surface area contributed by atoms with Crippen molar-refractivity contribution in [2.75, 3.05) is 0 Å². The summed E-state index contributed by atoms with van der Waals surface area (Å²) in [4.78, 5) is 23.2. The zero-order chi connectivity index (χ0) is 15.7. The largest absolute Gasteiger partial charge is 0.378 e. The molecule has 0 radical (unpaired) electrons. The van der Waals surface area contributed by atoms with E-state index in [2.05, 4.69) is 5.32 Å². The molecule has 0 aliphatic heterocycles. The molecule has 21 heavy (non-hydrogen) atoms. The Morgan fingerprint density at radius 3 is 2.52 bits per heavy atom. The van der Waals surface area contributed by atoms with Crippen LogP contribution in [0, 0.1) is 11.3 Å². The van der Waals surface area contributed by atoms with E-state index in [0.717, 1.165) is 0 Å². The predicted molar refractivity (Wildman–Crippen MR) is 76.6 cm³/mol. The van der Waals surface area contributed by atoms with E-state index in [1.54, 1.807) is 30.3 Å². The number of nitrogens with zero attached hydrogens (tertiary/aromatic N) is 1. The van der Waals surface area contributed by atoms with E-state index in [4.69, 9.17) is 11.0 Å². The van der Waals surface area contributed by atoms with Crippen LogP contribution < -0.4 is 11.1 Å². The van der Waals surface area contributed by atoms with Gasteiger partial charge in [0.15, 0.2) is 6.10 Å². The topological polar surface area (TPSA) is 116 Å². The Kier molecular flexibility index (Phi) is 6.92. The van der Waals surface area contributed by atoms with Crippen molar-refractivity contribution in [1.82, 2.24) is 5.32 Å². The van der Waals surface area contributed by atoms with Crippen molar-refractivity contribution in [3.05, 3.63) is 35.9 Å². The van der Waals surface area contributed by atoms with E-state index in [1.165, 1.54) is 0 Å². The highest BCUT2D eigenvalue weighted by molar-refractivity contribution is 5.88. The Morgan fingerprint density at radius 2 is 1.95 bits per heavy atom. The number of unbranched alkanes of at least 4 members (excludes halogenated alkanes) is 2. The summed E-state index contributed by atoms with van der Waals surface area (Å²) in [5, 5.41) is 20.8. The van der Waals surface area contributed by atoms with Crippen LogP contribution in [0.2, 0.25) is 0 Å². The van der Waals surface area contributed by atoms with Gasteiger partial charge in [-0.15, -0.1) is 0 Å². The zero-order valence-corrected chi connectivity index (χ0v) is 11.7. The lowest BCUT2D eigenvalue weighted by molar-refractivity contribution is -0.133. The molecular weight excluding hydrogens is 270 g/mol. The highest BCUT2D eigenvalue weighted by Gasteiger charge is 2.23. The minimum absolute atomic E-state index is 0.351. The summed E-state index contributed by atoms with van der Waals surface area (Å²) in [7, 11) is 0. The summed E-state index contributed by atoms with van der Waals surface area (Å²) in [6.07, 6.45) is 0.642. The number of aliphatic hydroxyl groups is 1. The van der Waals surface area contributed by atoms with Crippen LogP contribution in [0.1, 0.15) is 37.4 Å². The number of carbonyl (C=O) groups excluding carboxylic acids is 2. The van der Waals surface area contributed by atoms with Crippen LogP contribution in [0.4, 0.5) is 0 Å². The fraction of sp³-hybridized carbons (Fsp3) is 0.400. The number of amides is 2. The number of nitrogens with one attached hydrogen (secondary N) is 1. The smallest absolute Gasteiger partial charge is 0.254 e. The number of hydrogen-bond donors (Lipinski definition) is 3. The average molecular weight is 289 g/mol. The van der Waals surface area contributed by atoms with E-state index in [-0.39, 0.29) is 0 Å². The fourth-order valence-electron chi connectivity index (χ4n) is 1.88. The van der Waals surface area contributed by atoms with Gasteiger partial charge in [-0.05, 0) is 24.8 Å². The van der Waals surface area contributed by atoms with Gasteiger partial charge in [0, 0.05) is 6.42 Å². The Morgan fingerprint density at radius 1 is 1.29 bits per heavy atom. The van der Waals surface area contributed by atoms with Gasteiger partial charge < -0.3 is 16.2 Å².